The second-order valence-electron chi connectivity index (χ2n) is 7.34. The molecule has 0 unspecified atom stereocenters. The molecule has 5 rings (SSSR count). The van der Waals surface area contributed by atoms with Gasteiger partial charge in [0.05, 0.1) is 29.7 Å². The highest BCUT2D eigenvalue weighted by atomic mass is 32.1. The average Bonchev–Trinajstić information content (AvgIpc) is 3.54. The van der Waals surface area contributed by atoms with Crippen molar-refractivity contribution in [2.45, 2.75) is 6.92 Å². The molecule has 3 aromatic heterocycles. The van der Waals surface area contributed by atoms with Gasteiger partial charge in [0, 0.05) is 17.1 Å². The number of ether oxygens (including phenoxy) is 1. The van der Waals surface area contributed by atoms with Gasteiger partial charge in [0.25, 0.3) is 5.91 Å². The molecule has 0 bridgehead atoms. The summed E-state index contributed by atoms with van der Waals surface area (Å²) < 4.78 is 7.16. The van der Waals surface area contributed by atoms with E-state index in [-0.39, 0.29) is 5.91 Å². The molecule has 5 aromatic rings. The maximum atomic E-state index is 13.3. The first-order chi connectivity index (χ1) is 16.7. The smallest absolute Gasteiger partial charge is 0.261 e. The van der Waals surface area contributed by atoms with E-state index in [2.05, 4.69) is 15.3 Å². The number of amides is 1. The summed E-state index contributed by atoms with van der Waals surface area (Å²) >= 11 is 1.35. The highest BCUT2D eigenvalue weighted by molar-refractivity contribution is 7.14. The van der Waals surface area contributed by atoms with Gasteiger partial charge in [0.1, 0.15) is 17.1 Å². The minimum Gasteiger partial charge on any atom is -0.492 e. The first-order valence-electron chi connectivity index (χ1n) is 10.8. The first kappa shape index (κ1) is 21.5. The Morgan fingerprint density at radius 1 is 1.00 bits per heavy atom. The Labute approximate surface area is 200 Å². The monoisotopic (exact) mass is 467 g/mol. The lowest BCUT2D eigenvalue weighted by Gasteiger charge is -2.03. The van der Waals surface area contributed by atoms with E-state index in [0.717, 1.165) is 11.3 Å². The summed E-state index contributed by atoms with van der Waals surface area (Å²) in [6, 6.07) is 23.1. The normalized spacial score (nSPS) is 10.7. The van der Waals surface area contributed by atoms with Gasteiger partial charge in [-0.1, -0.05) is 48.5 Å². The number of pyridine rings is 1. The first-order valence-corrected chi connectivity index (χ1v) is 11.7. The summed E-state index contributed by atoms with van der Waals surface area (Å²) in [7, 11) is 0. The van der Waals surface area contributed by atoms with Gasteiger partial charge in [-0.25, -0.2) is 9.67 Å². The lowest BCUT2D eigenvalue weighted by molar-refractivity contribution is 0.102. The molecule has 0 fully saturated rings. The molecule has 0 atom stereocenters. The maximum Gasteiger partial charge on any atom is 0.261 e. The van der Waals surface area contributed by atoms with Crippen LogP contribution in [0.1, 0.15) is 17.3 Å². The van der Waals surface area contributed by atoms with E-state index in [0.29, 0.717) is 40.1 Å². The number of carbonyl (C=O) groups excluding carboxylic acids is 1. The molecule has 168 valence electrons. The maximum absolute atomic E-state index is 13.3. The zero-order valence-corrected chi connectivity index (χ0v) is 19.2. The van der Waals surface area contributed by atoms with Gasteiger partial charge in [0.2, 0.25) is 0 Å². The Bertz CT molecular complexity index is 1400. The molecule has 1 amide bonds. The zero-order valence-electron chi connectivity index (χ0n) is 18.4. The predicted molar refractivity (Wildman–Crippen MR) is 133 cm³/mol. The standard InChI is InChI=1S/C26H21N5O2S/c1-2-33-20-13-14-22(27-15-20)23-17-34-26(28-23)29-25(32)21-16-31(19-11-7-4-8-12-19)30-24(21)18-9-5-3-6-10-18/h3-17H,2H2,1H3,(H,28,29,32). The number of benzene rings is 2. The Kier molecular flexibility index (Phi) is 6.13. The molecule has 34 heavy (non-hydrogen) atoms. The van der Waals surface area contributed by atoms with Crippen molar-refractivity contribution in [3.8, 4) is 34.1 Å². The molecule has 1 N–H and O–H groups in total. The Morgan fingerprint density at radius 2 is 1.76 bits per heavy atom. The van der Waals surface area contributed by atoms with Crippen LogP contribution in [0, 0.1) is 0 Å². The Balaban J connectivity index is 1.42. The van der Waals surface area contributed by atoms with Crippen molar-refractivity contribution in [3.05, 3.63) is 96.1 Å². The number of carbonyl (C=O) groups is 1. The molecule has 0 spiro atoms. The van der Waals surface area contributed by atoms with Crippen molar-refractivity contribution in [1.29, 1.82) is 0 Å². The molecule has 7 nitrogen and oxygen atoms in total. The molecule has 0 aliphatic rings. The van der Waals surface area contributed by atoms with Gasteiger partial charge in [0.15, 0.2) is 5.13 Å². The number of para-hydroxylation sites is 1. The number of nitrogens with one attached hydrogen (secondary N) is 1. The zero-order chi connectivity index (χ0) is 23.3. The van der Waals surface area contributed by atoms with E-state index in [1.165, 1.54) is 11.3 Å². The SMILES string of the molecule is CCOc1ccc(-c2csc(NC(=O)c3cn(-c4ccccc4)nc3-c3ccccc3)n2)nc1. The van der Waals surface area contributed by atoms with Gasteiger partial charge in [-0.2, -0.15) is 5.10 Å². The van der Waals surface area contributed by atoms with Crippen LogP contribution in [0.25, 0.3) is 28.3 Å². The number of anilines is 1. The molecule has 3 heterocycles. The van der Waals surface area contributed by atoms with Crippen LogP contribution in [0.3, 0.4) is 0 Å². The molecule has 0 aliphatic heterocycles. The molecule has 0 saturated carbocycles. The van der Waals surface area contributed by atoms with Crippen molar-refractivity contribution in [1.82, 2.24) is 19.7 Å². The summed E-state index contributed by atoms with van der Waals surface area (Å²) in [6.45, 7) is 2.51. The van der Waals surface area contributed by atoms with Crippen molar-refractivity contribution >= 4 is 22.4 Å². The van der Waals surface area contributed by atoms with Crippen LogP contribution in [0.2, 0.25) is 0 Å². The fourth-order valence-corrected chi connectivity index (χ4v) is 4.16. The van der Waals surface area contributed by atoms with E-state index in [9.17, 15) is 4.79 Å². The molecule has 0 aliphatic carbocycles. The van der Waals surface area contributed by atoms with E-state index >= 15 is 0 Å². The topological polar surface area (TPSA) is 81.9 Å². The lowest BCUT2D eigenvalue weighted by atomic mass is 10.1. The summed E-state index contributed by atoms with van der Waals surface area (Å²) in [4.78, 5) is 22.2. The van der Waals surface area contributed by atoms with Gasteiger partial charge < -0.3 is 4.74 Å². The average molecular weight is 468 g/mol. The van der Waals surface area contributed by atoms with Gasteiger partial charge >= 0.3 is 0 Å². The summed E-state index contributed by atoms with van der Waals surface area (Å²) in [5, 5.41) is 9.98. The quantitative estimate of drug-likeness (QED) is 0.332. The third-order valence-electron chi connectivity index (χ3n) is 5.06. The molecule has 8 heteroatoms. The molecule has 0 radical (unpaired) electrons. The summed E-state index contributed by atoms with van der Waals surface area (Å²) in [6.07, 6.45) is 3.41. The van der Waals surface area contributed by atoms with Gasteiger partial charge in [-0.3, -0.25) is 15.1 Å². The highest BCUT2D eigenvalue weighted by Gasteiger charge is 2.20. The van der Waals surface area contributed by atoms with Crippen LogP contribution in [-0.2, 0) is 0 Å². The number of aromatic nitrogens is 4. The minimum atomic E-state index is -0.276. The molecule has 2 aromatic carbocycles. The van der Waals surface area contributed by atoms with Crippen molar-refractivity contribution in [3.63, 3.8) is 0 Å². The second-order valence-corrected chi connectivity index (χ2v) is 8.20. The highest BCUT2D eigenvalue weighted by Crippen LogP contribution is 2.27. The fourth-order valence-electron chi connectivity index (χ4n) is 3.46. The van der Waals surface area contributed by atoms with Crippen LogP contribution in [0.15, 0.2) is 90.6 Å². The lowest BCUT2D eigenvalue weighted by Crippen LogP contribution is -2.12. The molecular formula is C26H21N5O2S. The van der Waals surface area contributed by atoms with Crippen molar-refractivity contribution in [2.24, 2.45) is 0 Å². The van der Waals surface area contributed by atoms with Crippen LogP contribution < -0.4 is 10.1 Å². The van der Waals surface area contributed by atoms with Crippen molar-refractivity contribution in [2.75, 3.05) is 11.9 Å². The largest absolute Gasteiger partial charge is 0.492 e. The van der Waals surface area contributed by atoms with E-state index in [1.807, 2.05) is 85.1 Å². The Hall–Kier alpha value is -4.30. The summed E-state index contributed by atoms with van der Waals surface area (Å²) in [5.41, 5.74) is 4.20. The van der Waals surface area contributed by atoms with Crippen LogP contribution in [-0.4, -0.2) is 32.3 Å². The third kappa shape index (κ3) is 4.57. The van der Waals surface area contributed by atoms with E-state index in [4.69, 9.17) is 9.84 Å². The third-order valence-corrected chi connectivity index (χ3v) is 5.82. The van der Waals surface area contributed by atoms with Gasteiger partial charge in [-0.05, 0) is 31.2 Å². The van der Waals surface area contributed by atoms with Crippen LogP contribution >= 0.6 is 11.3 Å². The number of hydrogen-bond donors (Lipinski definition) is 1. The van der Waals surface area contributed by atoms with E-state index < -0.39 is 0 Å². The van der Waals surface area contributed by atoms with Crippen LogP contribution in [0.4, 0.5) is 5.13 Å². The number of nitrogens with zero attached hydrogens (tertiary/aromatic N) is 4. The predicted octanol–water partition coefficient (Wildman–Crippen LogP) is 5.71. The molecule has 0 saturated heterocycles. The minimum absolute atomic E-state index is 0.276. The number of hydrogen-bond acceptors (Lipinski definition) is 6. The molecular weight excluding hydrogens is 446 g/mol. The van der Waals surface area contributed by atoms with Gasteiger partial charge in [-0.15, -0.1) is 11.3 Å². The second kappa shape index (κ2) is 9.68. The fraction of sp³-hybridized carbons (Fsp3) is 0.0769. The van der Waals surface area contributed by atoms with Crippen LogP contribution in [0.5, 0.6) is 5.75 Å². The Morgan fingerprint density at radius 3 is 2.47 bits per heavy atom. The summed E-state index contributed by atoms with van der Waals surface area (Å²) in [5.74, 6) is 0.431. The number of thiazole rings is 1. The number of rotatable bonds is 7. The van der Waals surface area contributed by atoms with E-state index in [1.54, 1.807) is 17.1 Å². The van der Waals surface area contributed by atoms with Crippen molar-refractivity contribution < 1.29 is 9.53 Å².